The Labute approximate surface area is 182 Å². The fourth-order valence-corrected chi connectivity index (χ4v) is 5.21. The number of sulfonamides is 1. The lowest BCUT2D eigenvalue weighted by Crippen LogP contribution is -2.42. The van der Waals surface area contributed by atoms with Crippen molar-refractivity contribution >= 4 is 37.6 Å². The molecule has 29 heavy (non-hydrogen) atoms. The highest BCUT2D eigenvalue weighted by Crippen LogP contribution is 2.35. The van der Waals surface area contributed by atoms with E-state index < -0.39 is 16.1 Å². The van der Waals surface area contributed by atoms with Crippen LogP contribution in [-0.4, -0.2) is 42.0 Å². The maximum absolute atomic E-state index is 13.4. The third-order valence-corrected chi connectivity index (χ3v) is 7.29. The second-order valence-corrected chi connectivity index (χ2v) is 10.0. The number of oxazole rings is 1. The topological polar surface area (TPSA) is 83.6 Å². The van der Waals surface area contributed by atoms with E-state index in [-0.39, 0.29) is 23.2 Å². The van der Waals surface area contributed by atoms with Gasteiger partial charge in [-0.1, -0.05) is 27.5 Å². The number of halogens is 2. The molecule has 6 nitrogen and oxygen atoms in total. The largest absolute Gasteiger partial charge is 0.435 e. The molecule has 1 atom stereocenters. The Hall–Kier alpha value is -1.71. The van der Waals surface area contributed by atoms with Crippen LogP contribution in [0.15, 0.2) is 62.4 Å². The van der Waals surface area contributed by atoms with Gasteiger partial charge in [0.25, 0.3) is 10.0 Å². The highest BCUT2D eigenvalue weighted by molar-refractivity contribution is 9.10. The van der Waals surface area contributed by atoms with E-state index in [0.29, 0.717) is 35.5 Å². The zero-order valence-electron chi connectivity index (χ0n) is 15.3. The summed E-state index contributed by atoms with van der Waals surface area (Å²) in [6.07, 6.45) is 0.489. The summed E-state index contributed by atoms with van der Waals surface area (Å²) < 4.78 is 34.8. The van der Waals surface area contributed by atoms with Crippen LogP contribution in [0, 0.1) is 0 Å². The smallest absolute Gasteiger partial charge is 0.264 e. The lowest BCUT2D eigenvalue weighted by atomic mass is 10.1. The average molecular weight is 498 g/mol. The fourth-order valence-electron chi connectivity index (χ4n) is 3.24. The number of β-amino-alcohol motifs (C(OH)–C–C–N with tert-alkyl or cyclic N) is 1. The van der Waals surface area contributed by atoms with Gasteiger partial charge in [0, 0.05) is 33.7 Å². The first-order valence-electron chi connectivity index (χ1n) is 9.05. The summed E-state index contributed by atoms with van der Waals surface area (Å²) in [4.78, 5) is 4.35. The van der Waals surface area contributed by atoms with Crippen molar-refractivity contribution in [2.75, 3.05) is 13.1 Å². The van der Waals surface area contributed by atoms with Gasteiger partial charge in [0.05, 0.1) is 6.10 Å². The summed E-state index contributed by atoms with van der Waals surface area (Å²) in [5, 5.41) is 10.3. The second kappa shape index (κ2) is 8.20. The van der Waals surface area contributed by atoms with Crippen LogP contribution in [0.4, 0.5) is 0 Å². The van der Waals surface area contributed by atoms with Crippen molar-refractivity contribution in [2.24, 2.45) is 0 Å². The van der Waals surface area contributed by atoms with Crippen molar-refractivity contribution in [3.05, 3.63) is 58.0 Å². The van der Waals surface area contributed by atoms with Crippen molar-refractivity contribution in [1.82, 2.24) is 9.29 Å². The predicted molar refractivity (Wildman–Crippen MR) is 114 cm³/mol. The molecule has 1 aliphatic heterocycles. The molecule has 0 unspecified atom stereocenters. The third-order valence-electron chi connectivity index (χ3n) is 4.74. The molecule has 0 spiro atoms. The monoisotopic (exact) mass is 496 g/mol. The van der Waals surface area contributed by atoms with Gasteiger partial charge in [0.15, 0.2) is 5.76 Å². The minimum Gasteiger partial charge on any atom is -0.435 e. The number of aliphatic hydroxyl groups excluding tert-OH is 1. The number of aromatic nitrogens is 1. The predicted octanol–water partition coefficient (Wildman–Crippen LogP) is 4.57. The molecular weight excluding hydrogens is 480 g/mol. The molecule has 1 fully saturated rings. The maximum atomic E-state index is 13.4. The van der Waals surface area contributed by atoms with Crippen molar-refractivity contribution in [1.29, 1.82) is 0 Å². The van der Waals surface area contributed by atoms with Gasteiger partial charge in [-0.05, 0) is 61.4 Å². The average Bonchev–Trinajstić information content (AvgIpc) is 3.15. The van der Waals surface area contributed by atoms with Gasteiger partial charge in [0.1, 0.15) is 0 Å². The minimum atomic E-state index is -3.95. The number of benzene rings is 2. The molecule has 2 heterocycles. The Morgan fingerprint density at radius 2 is 1.76 bits per heavy atom. The molecule has 9 heteroatoms. The van der Waals surface area contributed by atoms with E-state index >= 15 is 0 Å². The summed E-state index contributed by atoms with van der Waals surface area (Å²) in [6, 6.07) is 14.0. The summed E-state index contributed by atoms with van der Waals surface area (Å²) >= 11 is 9.36. The summed E-state index contributed by atoms with van der Waals surface area (Å²) in [5.74, 6) is 0.359. The summed E-state index contributed by atoms with van der Waals surface area (Å²) in [5.41, 5.74) is 1.21. The van der Waals surface area contributed by atoms with Crippen molar-refractivity contribution in [2.45, 2.75) is 24.0 Å². The van der Waals surface area contributed by atoms with E-state index in [9.17, 15) is 13.5 Å². The lowest BCUT2D eigenvalue weighted by Gasteiger charge is -2.28. The van der Waals surface area contributed by atoms with Crippen molar-refractivity contribution in [3.8, 4) is 22.8 Å². The zero-order valence-corrected chi connectivity index (χ0v) is 18.4. The molecule has 4 rings (SSSR count). The Kier molecular flexibility index (Phi) is 5.81. The third kappa shape index (κ3) is 4.27. The molecule has 0 aliphatic carbocycles. The molecule has 0 bridgehead atoms. The molecule has 0 amide bonds. The van der Waals surface area contributed by atoms with E-state index in [1.165, 1.54) is 4.31 Å². The van der Waals surface area contributed by atoms with Gasteiger partial charge >= 0.3 is 0 Å². The zero-order chi connectivity index (χ0) is 20.6. The quantitative estimate of drug-likeness (QED) is 0.571. The second-order valence-electron chi connectivity index (χ2n) is 6.83. The highest BCUT2D eigenvalue weighted by atomic mass is 79.9. The first-order chi connectivity index (χ1) is 13.8. The molecule has 1 aromatic heterocycles. The van der Waals surface area contributed by atoms with Crippen molar-refractivity contribution < 1.29 is 17.9 Å². The van der Waals surface area contributed by atoms with Gasteiger partial charge in [-0.15, -0.1) is 0 Å². The maximum Gasteiger partial charge on any atom is 0.264 e. The van der Waals surface area contributed by atoms with Crippen LogP contribution in [0.2, 0.25) is 5.02 Å². The number of aliphatic hydroxyl groups is 1. The van der Waals surface area contributed by atoms with Crippen LogP contribution in [0.5, 0.6) is 0 Å². The lowest BCUT2D eigenvalue weighted by molar-refractivity contribution is 0.108. The van der Waals surface area contributed by atoms with Crippen LogP contribution in [0.1, 0.15) is 12.8 Å². The molecule has 1 N–H and O–H groups in total. The molecule has 1 aliphatic rings. The van der Waals surface area contributed by atoms with E-state index in [2.05, 4.69) is 20.9 Å². The van der Waals surface area contributed by atoms with Crippen LogP contribution >= 0.6 is 27.5 Å². The Balaban J connectivity index is 1.84. The van der Waals surface area contributed by atoms with Crippen molar-refractivity contribution in [3.63, 3.8) is 0 Å². The Bertz CT molecular complexity index is 1110. The number of nitrogens with zero attached hydrogens (tertiary/aromatic N) is 2. The number of piperidine rings is 1. The summed E-state index contributed by atoms with van der Waals surface area (Å²) in [6.45, 7) is 0.378. The molecule has 152 valence electrons. The van der Waals surface area contributed by atoms with Gasteiger partial charge in [-0.2, -0.15) is 9.29 Å². The minimum absolute atomic E-state index is 0.0445. The van der Waals surface area contributed by atoms with E-state index in [1.807, 2.05) is 12.1 Å². The van der Waals surface area contributed by atoms with Crippen LogP contribution < -0.4 is 0 Å². The number of hydrogen-bond acceptors (Lipinski definition) is 5. The fraction of sp³-hybridized carbons (Fsp3) is 0.250. The SMILES string of the molecule is O=S(=O)(c1nc(-c2ccc(Br)cc2)oc1-c1ccc(Cl)cc1)N1CCC[C@H](O)C1. The summed E-state index contributed by atoms with van der Waals surface area (Å²) in [7, 11) is -3.95. The molecule has 3 aromatic rings. The standard InChI is InChI=1S/C20H18BrClN2O4S/c21-15-7-3-14(4-8-15)19-23-20(18(28-19)13-5-9-16(22)10-6-13)29(26,27)24-11-1-2-17(25)12-24/h3-10,17,25H,1-2,11-12H2/t17-/m0/s1. The molecular formula is C20H18BrClN2O4S. The highest BCUT2D eigenvalue weighted by Gasteiger charge is 2.35. The van der Waals surface area contributed by atoms with Crippen LogP contribution in [0.25, 0.3) is 22.8 Å². The first kappa shape index (κ1) is 20.6. The van der Waals surface area contributed by atoms with E-state index in [0.717, 1.165) is 4.47 Å². The molecule has 0 radical (unpaired) electrons. The van der Waals surface area contributed by atoms with Crippen LogP contribution in [-0.2, 0) is 10.0 Å². The van der Waals surface area contributed by atoms with Crippen LogP contribution in [0.3, 0.4) is 0 Å². The van der Waals surface area contributed by atoms with Gasteiger partial charge in [-0.25, -0.2) is 8.42 Å². The normalized spacial score (nSPS) is 18.1. The van der Waals surface area contributed by atoms with E-state index in [1.54, 1.807) is 36.4 Å². The number of hydrogen-bond donors (Lipinski definition) is 1. The Morgan fingerprint density at radius 3 is 2.41 bits per heavy atom. The molecule has 2 aromatic carbocycles. The van der Waals surface area contributed by atoms with E-state index in [4.69, 9.17) is 16.0 Å². The molecule has 1 saturated heterocycles. The first-order valence-corrected chi connectivity index (χ1v) is 11.7. The Morgan fingerprint density at radius 1 is 1.10 bits per heavy atom. The van der Waals surface area contributed by atoms with Gasteiger partial charge in [-0.3, -0.25) is 0 Å². The molecule has 0 saturated carbocycles. The van der Waals surface area contributed by atoms with Gasteiger partial charge in [0.2, 0.25) is 10.9 Å². The number of rotatable bonds is 4. The van der Waals surface area contributed by atoms with Gasteiger partial charge < -0.3 is 9.52 Å².